The minimum absolute atomic E-state index is 0.801. The predicted molar refractivity (Wildman–Crippen MR) is 90.6 cm³/mol. The zero-order valence-electron chi connectivity index (χ0n) is 12.9. The van der Waals surface area contributed by atoms with Crippen molar-refractivity contribution in [2.24, 2.45) is 5.92 Å². The molecule has 1 unspecified atom stereocenters. The molecule has 1 atom stereocenters. The lowest BCUT2D eigenvalue weighted by atomic mass is 9.89. The van der Waals surface area contributed by atoms with Crippen molar-refractivity contribution in [1.82, 2.24) is 5.32 Å². The van der Waals surface area contributed by atoms with Crippen molar-refractivity contribution in [1.29, 1.82) is 0 Å². The Morgan fingerprint density at radius 1 is 1.10 bits per heavy atom. The van der Waals surface area contributed by atoms with Gasteiger partial charge in [0.25, 0.3) is 0 Å². The summed E-state index contributed by atoms with van der Waals surface area (Å²) in [5, 5.41) is 3.52. The average molecular weight is 279 g/mol. The van der Waals surface area contributed by atoms with E-state index in [0.717, 1.165) is 12.3 Å². The topological polar surface area (TPSA) is 12.0 Å². The number of benzene rings is 2. The fourth-order valence-corrected chi connectivity index (χ4v) is 3.38. The highest BCUT2D eigenvalue weighted by Gasteiger charge is 2.14. The molecule has 1 saturated heterocycles. The Morgan fingerprint density at radius 2 is 1.95 bits per heavy atom. The normalized spacial score (nSPS) is 18.6. The lowest BCUT2D eigenvalue weighted by Gasteiger charge is -2.23. The highest BCUT2D eigenvalue weighted by Crippen LogP contribution is 2.27. The summed E-state index contributed by atoms with van der Waals surface area (Å²) in [6.45, 7) is 4.61. The molecule has 0 aromatic heterocycles. The molecular formula is C20H25N. The third-order valence-corrected chi connectivity index (χ3v) is 4.56. The number of hydrogen-bond donors (Lipinski definition) is 1. The van der Waals surface area contributed by atoms with Crippen LogP contribution in [-0.2, 0) is 12.8 Å². The van der Waals surface area contributed by atoms with Crippen molar-refractivity contribution in [3.8, 4) is 11.1 Å². The van der Waals surface area contributed by atoms with Gasteiger partial charge in [-0.05, 0) is 66.9 Å². The number of hydrogen-bond acceptors (Lipinski definition) is 1. The number of rotatable bonds is 4. The van der Waals surface area contributed by atoms with Crippen LogP contribution < -0.4 is 5.32 Å². The SMILES string of the molecule is CCc1ccc(CC2CCCNC2)cc1-c1ccccc1. The minimum Gasteiger partial charge on any atom is -0.316 e. The molecule has 1 heterocycles. The molecule has 0 spiro atoms. The van der Waals surface area contributed by atoms with Gasteiger partial charge in [0.15, 0.2) is 0 Å². The Labute approximate surface area is 128 Å². The van der Waals surface area contributed by atoms with E-state index in [0.29, 0.717) is 0 Å². The molecule has 0 radical (unpaired) electrons. The maximum atomic E-state index is 3.52. The first-order chi connectivity index (χ1) is 10.4. The molecule has 1 nitrogen and oxygen atoms in total. The standard InChI is InChI=1S/C20H25N/c1-2-18-11-10-16(13-17-7-6-12-21-15-17)14-20(18)19-8-4-3-5-9-19/h3-5,8-11,14,17,21H,2,6-7,12-13,15H2,1H3. The van der Waals surface area contributed by atoms with Crippen LogP contribution in [0.1, 0.15) is 30.9 Å². The zero-order valence-corrected chi connectivity index (χ0v) is 12.9. The zero-order chi connectivity index (χ0) is 14.5. The van der Waals surface area contributed by atoms with Crippen LogP contribution in [0.25, 0.3) is 11.1 Å². The molecule has 2 aromatic rings. The molecule has 1 fully saturated rings. The fraction of sp³-hybridized carbons (Fsp3) is 0.400. The van der Waals surface area contributed by atoms with E-state index in [2.05, 4.69) is 60.8 Å². The van der Waals surface area contributed by atoms with E-state index in [-0.39, 0.29) is 0 Å². The lowest BCUT2D eigenvalue weighted by Crippen LogP contribution is -2.30. The summed E-state index contributed by atoms with van der Waals surface area (Å²) < 4.78 is 0. The maximum absolute atomic E-state index is 3.52. The molecule has 0 aliphatic carbocycles. The molecule has 3 rings (SSSR count). The Bertz CT molecular complexity index is 568. The van der Waals surface area contributed by atoms with E-state index in [4.69, 9.17) is 0 Å². The van der Waals surface area contributed by atoms with Crippen molar-refractivity contribution >= 4 is 0 Å². The van der Waals surface area contributed by atoms with E-state index in [1.807, 2.05) is 0 Å². The van der Waals surface area contributed by atoms with Gasteiger partial charge < -0.3 is 5.32 Å². The molecule has 1 aliphatic heterocycles. The monoisotopic (exact) mass is 279 g/mol. The highest BCUT2D eigenvalue weighted by atomic mass is 14.9. The second-order valence-corrected chi connectivity index (χ2v) is 6.13. The summed E-state index contributed by atoms with van der Waals surface area (Å²) in [5.41, 5.74) is 5.70. The van der Waals surface area contributed by atoms with Gasteiger partial charge in [0.05, 0.1) is 0 Å². The second-order valence-electron chi connectivity index (χ2n) is 6.13. The first-order valence-corrected chi connectivity index (χ1v) is 8.24. The summed E-state index contributed by atoms with van der Waals surface area (Å²) in [6, 6.07) is 17.9. The summed E-state index contributed by atoms with van der Waals surface area (Å²) in [5.74, 6) is 0.801. The first-order valence-electron chi connectivity index (χ1n) is 8.24. The molecule has 0 saturated carbocycles. The van der Waals surface area contributed by atoms with Gasteiger partial charge in [0.1, 0.15) is 0 Å². The van der Waals surface area contributed by atoms with Gasteiger partial charge in [-0.1, -0.05) is 55.5 Å². The van der Waals surface area contributed by atoms with Crippen LogP contribution >= 0.6 is 0 Å². The molecular weight excluding hydrogens is 254 g/mol. The Balaban J connectivity index is 1.86. The van der Waals surface area contributed by atoms with Gasteiger partial charge in [-0.25, -0.2) is 0 Å². The van der Waals surface area contributed by atoms with Gasteiger partial charge in [0, 0.05) is 0 Å². The van der Waals surface area contributed by atoms with Crippen LogP contribution in [0.5, 0.6) is 0 Å². The Morgan fingerprint density at radius 3 is 2.67 bits per heavy atom. The number of piperidine rings is 1. The largest absolute Gasteiger partial charge is 0.316 e. The molecule has 0 bridgehead atoms. The molecule has 1 N–H and O–H groups in total. The van der Waals surface area contributed by atoms with Crippen molar-refractivity contribution in [3.63, 3.8) is 0 Å². The summed E-state index contributed by atoms with van der Waals surface area (Å²) in [4.78, 5) is 0. The third-order valence-electron chi connectivity index (χ3n) is 4.56. The highest BCUT2D eigenvalue weighted by molar-refractivity contribution is 5.68. The van der Waals surface area contributed by atoms with Crippen molar-refractivity contribution in [2.45, 2.75) is 32.6 Å². The quantitative estimate of drug-likeness (QED) is 0.871. The van der Waals surface area contributed by atoms with Gasteiger partial charge in [0.2, 0.25) is 0 Å². The minimum atomic E-state index is 0.801. The van der Waals surface area contributed by atoms with Crippen LogP contribution in [0.4, 0.5) is 0 Å². The van der Waals surface area contributed by atoms with Crippen molar-refractivity contribution in [2.75, 3.05) is 13.1 Å². The Hall–Kier alpha value is -1.60. The van der Waals surface area contributed by atoms with Crippen LogP contribution in [-0.4, -0.2) is 13.1 Å². The Kier molecular flexibility index (Phi) is 4.72. The first kappa shape index (κ1) is 14.3. The molecule has 2 aromatic carbocycles. The number of nitrogens with one attached hydrogen (secondary N) is 1. The average Bonchev–Trinajstić information content (AvgIpc) is 2.56. The van der Waals surface area contributed by atoms with Crippen molar-refractivity contribution in [3.05, 3.63) is 59.7 Å². The van der Waals surface area contributed by atoms with Gasteiger partial charge >= 0.3 is 0 Å². The van der Waals surface area contributed by atoms with Crippen LogP contribution in [0.3, 0.4) is 0 Å². The van der Waals surface area contributed by atoms with Crippen LogP contribution in [0.15, 0.2) is 48.5 Å². The van der Waals surface area contributed by atoms with E-state index in [1.165, 1.54) is 54.6 Å². The van der Waals surface area contributed by atoms with Crippen LogP contribution in [0.2, 0.25) is 0 Å². The van der Waals surface area contributed by atoms with Gasteiger partial charge in [-0.15, -0.1) is 0 Å². The van der Waals surface area contributed by atoms with E-state index in [9.17, 15) is 0 Å². The maximum Gasteiger partial charge on any atom is -0.00173 e. The van der Waals surface area contributed by atoms with Crippen molar-refractivity contribution < 1.29 is 0 Å². The lowest BCUT2D eigenvalue weighted by molar-refractivity contribution is 0.376. The summed E-state index contributed by atoms with van der Waals surface area (Å²) in [6.07, 6.45) is 4.98. The third kappa shape index (κ3) is 3.54. The summed E-state index contributed by atoms with van der Waals surface area (Å²) in [7, 11) is 0. The van der Waals surface area contributed by atoms with E-state index >= 15 is 0 Å². The molecule has 0 amide bonds. The second kappa shape index (κ2) is 6.91. The fourth-order valence-electron chi connectivity index (χ4n) is 3.38. The summed E-state index contributed by atoms with van der Waals surface area (Å²) >= 11 is 0. The molecule has 21 heavy (non-hydrogen) atoms. The molecule has 110 valence electrons. The smallest absolute Gasteiger partial charge is 0.00173 e. The van der Waals surface area contributed by atoms with E-state index in [1.54, 1.807) is 0 Å². The van der Waals surface area contributed by atoms with E-state index < -0.39 is 0 Å². The predicted octanol–water partition coefficient (Wildman–Crippen LogP) is 4.46. The van der Waals surface area contributed by atoms with Gasteiger partial charge in [-0.2, -0.15) is 0 Å². The number of aryl methyl sites for hydroxylation is 1. The van der Waals surface area contributed by atoms with Gasteiger partial charge in [-0.3, -0.25) is 0 Å². The molecule has 1 heteroatoms. The molecule has 1 aliphatic rings. The van der Waals surface area contributed by atoms with Crippen LogP contribution in [0, 0.1) is 5.92 Å².